The highest BCUT2D eigenvalue weighted by Gasteiger charge is 2.07. The quantitative estimate of drug-likeness (QED) is 0.622. The van der Waals surface area contributed by atoms with Gasteiger partial charge < -0.3 is 11.1 Å². The molecule has 5 heteroatoms. The Hall–Kier alpha value is -1.37. The predicted octanol–water partition coefficient (Wildman–Crippen LogP) is 4.20. The zero-order chi connectivity index (χ0) is 13.3. The largest absolute Gasteiger partial charge is 0.397 e. The van der Waals surface area contributed by atoms with Crippen LogP contribution in [0.1, 0.15) is 5.56 Å². The highest BCUT2D eigenvalue weighted by Crippen LogP contribution is 2.27. The Morgan fingerprint density at radius 2 is 1.83 bits per heavy atom. The van der Waals surface area contributed by atoms with E-state index < -0.39 is 0 Å². The van der Waals surface area contributed by atoms with Gasteiger partial charge in [0.1, 0.15) is 11.6 Å². The smallest absolute Gasteiger partial charge is 0.138 e. The van der Waals surface area contributed by atoms with Gasteiger partial charge in [0.05, 0.1) is 14.9 Å². The lowest BCUT2D eigenvalue weighted by molar-refractivity contribution is 0.618. The van der Waals surface area contributed by atoms with Crippen molar-refractivity contribution in [2.45, 2.75) is 6.92 Å². The van der Waals surface area contributed by atoms with Crippen molar-refractivity contribution in [3.05, 3.63) is 51.1 Å². The molecule has 0 spiro atoms. The van der Waals surface area contributed by atoms with Crippen LogP contribution in [-0.2, 0) is 0 Å². The fourth-order valence-corrected chi connectivity index (χ4v) is 2.04. The van der Waals surface area contributed by atoms with Gasteiger partial charge in [0.25, 0.3) is 0 Å². The van der Waals surface area contributed by atoms with Crippen molar-refractivity contribution in [3.63, 3.8) is 0 Å². The summed E-state index contributed by atoms with van der Waals surface area (Å²) in [6.07, 6.45) is 0. The summed E-state index contributed by atoms with van der Waals surface area (Å²) in [6, 6.07) is 7.46. The molecule has 2 nitrogen and oxygen atoms in total. The molecule has 2 rings (SSSR count). The van der Waals surface area contributed by atoms with Crippen LogP contribution in [0.5, 0.6) is 0 Å². The molecule has 0 unspecified atom stereocenters. The Balaban J connectivity index is 2.34. The number of hydrogen-bond donors (Lipinski definition) is 2. The number of hydrogen-bond acceptors (Lipinski definition) is 2. The molecule has 3 N–H and O–H groups in total. The van der Waals surface area contributed by atoms with Crippen LogP contribution >= 0.6 is 22.6 Å². The van der Waals surface area contributed by atoms with Crippen LogP contribution in [0.2, 0.25) is 0 Å². The Morgan fingerprint density at radius 1 is 1.11 bits per heavy atom. The van der Waals surface area contributed by atoms with Crippen molar-refractivity contribution in [2.24, 2.45) is 0 Å². The van der Waals surface area contributed by atoms with Crippen molar-refractivity contribution in [3.8, 4) is 0 Å². The van der Waals surface area contributed by atoms with Crippen LogP contribution in [-0.4, -0.2) is 0 Å². The minimum atomic E-state index is -0.342. The molecule has 2 aromatic rings. The molecule has 0 atom stereocenters. The normalized spacial score (nSPS) is 10.4. The molecule has 0 aliphatic heterocycles. The van der Waals surface area contributed by atoms with Crippen molar-refractivity contribution in [1.29, 1.82) is 0 Å². The summed E-state index contributed by atoms with van der Waals surface area (Å²) >= 11 is 1.87. The van der Waals surface area contributed by atoms with E-state index in [0.29, 0.717) is 26.2 Å². The zero-order valence-electron chi connectivity index (χ0n) is 9.60. The Labute approximate surface area is 117 Å². The molecule has 0 aliphatic rings. The minimum absolute atomic E-state index is 0.276. The van der Waals surface area contributed by atoms with Crippen LogP contribution in [0.3, 0.4) is 0 Å². The Kier molecular flexibility index (Phi) is 3.70. The molecule has 18 heavy (non-hydrogen) atoms. The average molecular weight is 360 g/mol. The van der Waals surface area contributed by atoms with Crippen LogP contribution in [0.4, 0.5) is 25.8 Å². The standard InChI is InChI=1S/C13H11F2IN2/c1-7-4-8(2-3-9(7)14)18-13-5-10(15)11(16)6-12(13)17/h2-6,18H,17H2,1H3. The summed E-state index contributed by atoms with van der Waals surface area (Å²) < 4.78 is 27.0. The number of aryl methyl sites for hydroxylation is 1. The number of benzene rings is 2. The van der Waals surface area contributed by atoms with Gasteiger partial charge in [0.15, 0.2) is 0 Å². The molecule has 0 amide bonds. The van der Waals surface area contributed by atoms with Gasteiger partial charge in [-0.3, -0.25) is 0 Å². The second kappa shape index (κ2) is 5.09. The van der Waals surface area contributed by atoms with E-state index in [-0.39, 0.29) is 11.6 Å². The van der Waals surface area contributed by atoms with Crippen molar-refractivity contribution in [2.75, 3.05) is 11.1 Å². The summed E-state index contributed by atoms with van der Waals surface area (Å²) in [6.45, 7) is 1.67. The van der Waals surface area contributed by atoms with Crippen molar-refractivity contribution in [1.82, 2.24) is 0 Å². The fraction of sp³-hybridized carbons (Fsp3) is 0.0769. The van der Waals surface area contributed by atoms with Crippen LogP contribution in [0.25, 0.3) is 0 Å². The van der Waals surface area contributed by atoms with E-state index in [2.05, 4.69) is 5.32 Å². The molecule has 0 bridgehead atoms. The first-order chi connectivity index (χ1) is 8.47. The van der Waals surface area contributed by atoms with E-state index in [0.717, 1.165) is 0 Å². The average Bonchev–Trinajstić information content (AvgIpc) is 2.31. The lowest BCUT2D eigenvalue weighted by Gasteiger charge is -2.11. The number of nitrogens with one attached hydrogen (secondary N) is 1. The van der Waals surface area contributed by atoms with Gasteiger partial charge >= 0.3 is 0 Å². The lowest BCUT2D eigenvalue weighted by atomic mass is 10.2. The maximum atomic E-state index is 13.4. The van der Waals surface area contributed by atoms with Gasteiger partial charge in [-0.15, -0.1) is 0 Å². The van der Waals surface area contributed by atoms with E-state index in [1.54, 1.807) is 25.1 Å². The molecule has 0 saturated heterocycles. The summed E-state index contributed by atoms with van der Waals surface area (Å²) in [5.74, 6) is -0.617. The molecule has 0 saturated carbocycles. The fourth-order valence-electron chi connectivity index (χ4n) is 1.55. The lowest BCUT2D eigenvalue weighted by Crippen LogP contribution is -1.99. The van der Waals surface area contributed by atoms with Gasteiger partial charge in [-0.2, -0.15) is 0 Å². The monoisotopic (exact) mass is 360 g/mol. The van der Waals surface area contributed by atoms with Gasteiger partial charge in [0, 0.05) is 11.8 Å². The SMILES string of the molecule is Cc1cc(Nc2cc(F)c(I)cc2N)ccc1F. The summed E-state index contributed by atoms with van der Waals surface area (Å²) in [4.78, 5) is 0. The third-order valence-electron chi connectivity index (χ3n) is 2.53. The van der Waals surface area contributed by atoms with Crippen molar-refractivity contribution < 1.29 is 8.78 Å². The zero-order valence-corrected chi connectivity index (χ0v) is 11.8. The number of anilines is 3. The van der Waals surface area contributed by atoms with E-state index in [9.17, 15) is 8.78 Å². The first-order valence-electron chi connectivity index (χ1n) is 5.25. The first-order valence-corrected chi connectivity index (χ1v) is 6.33. The van der Waals surface area contributed by atoms with E-state index in [1.807, 2.05) is 22.6 Å². The second-order valence-electron chi connectivity index (χ2n) is 3.94. The molecular weight excluding hydrogens is 349 g/mol. The predicted molar refractivity (Wildman–Crippen MR) is 77.9 cm³/mol. The maximum Gasteiger partial charge on any atom is 0.138 e. The first kappa shape index (κ1) is 13.1. The Morgan fingerprint density at radius 3 is 2.50 bits per heavy atom. The van der Waals surface area contributed by atoms with Crippen LogP contribution < -0.4 is 11.1 Å². The van der Waals surface area contributed by atoms with E-state index in [4.69, 9.17) is 5.73 Å². The minimum Gasteiger partial charge on any atom is -0.397 e. The van der Waals surface area contributed by atoms with Gasteiger partial charge in [-0.25, -0.2) is 8.78 Å². The third-order valence-corrected chi connectivity index (χ3v) is 3.36. The number of nitrogen functional groups attached to an aromatic ring is 1. The summed E-state index contributed by atoms with van der Waals surface area (Å²) in [5, 5.41) is 2.97. The molecule has 0 aromatic heterocycles. The maximum absolute atomic E-state index is 13.4. The summed E-state index contributed by atoms with van der Waals surface area (Å²) in [7, 11) is 0. The Bertz CT molecular complexity index is 600. The summed E-state index contributed by atoms with van der Waals surface area (Å²) in [5.41, 5.74) is 7.90. The van der Waals surface area contributed by atoms with Gasteiger partial charge in [-0.05, 0) is 59.3 Å². The van der Waals surface area contributed by atoms with Crippen LogP contribution in [0, 0.1) is 22.1 Å². The third kappa shape index (κ3) is 2.72. The molecule has 0 fully saturated rings. The molecule has 0 heterocycles. The van der Waals surface area contributed by atoms with Crippen molar-refractivity contribution >= 4 is 39.7 Å². The van der Waals surface area contributed by atoms with Crippen LogP contribution in [0.15, 0.2) is 30.3 Å². The number of nitrogens with two attached hydrogens (primary N) is 1. The molecule has 94 valence electrons. The highest BCUT2D eigenvalue weighted by molar-refractivity contribution is 14.1. The molecule has 0 radical (unpaired) electrons. The molecular formula is C13H11F2IN2. The van der Waals surface area contributed by atoms with Gasteiger partial charge in [0.2, 0.25) is 0 Å². The van der Waals surface area contributed by atoms with E-state index >= 15 is 0 Å². The van der Waals surface area contributed by atoms with E-state index in [1.165, 1.54) is 12.1 Å². The number of rotatable bonds is 2. The molecule has 2 aromatic carbocycles. The molecule has 0 aliphatic carbocycles. The highest BCUT2D eigenvalue weighted by atomic mass is 127. The van der Waals surface area contributed by atoms with Gasteiger partial charge in [-0.1, -0.05) is 0 Å². The topological polar surface area (TPSA) is 38.0 Å². The second-order valence-corrected chi connectivity index (χ2v) is 5.10. The number of halogens is 3.